The lowest BCUT2D eigenvalue weighted by atomic mass is 9.85. The van der Waals surface area contributed by atoms with Crippen molar-refractivity contribution in [3.8, 4) is 0 Å². The van der Waals surface area contributed by atoms with Crippen LogP contribution in [0.2, 0.25) is 0 Å². The monoisotopic (exact) mass is 245 g/mol. The highest BCUT2D eigenvalue weighted by atomic mass is 16.5. The SMILES string of the molecule is CCCOCCCNC1CC(OCC)C1OC. The van der Waals surface area contributed by atoms with Crippen LogP contribution < -0.4 is 5.32 Å². The summed E-state index contributed by atoms with van der Waals surface area (Å²) in [6.45, 7) is 7.63. The van der Waals surface area contributed by atoms with Gasteiger partial charge in [-0.05, 0) is 32.7 Å². The van der Waals surface area contributed by atoms with E-state index < -0.39 is 0 Å². The highest BCUT2D eigenvalue weighted by Crippen LogP contribution is 2.26. The Morgan fingerprint density at radius 2 is 2.06 bits per heavy atom. The van der Waals surface area contributed by atoms with Gasteiger partial charge in [-0.1, -0.05) is 6.92 Å². The lowest BCUT2D eigenvalue weighted by molar-refractivity contribution is -0.131. The molecule has 0 aliphatic heterocycles. The fraction of sp³-hybridized carbons (Fsp3) is 1.00. The quantitative estimate of drug-likeness (QED) is 0.593. The maximum absolute atomic E-state index is 5.58. The molecule has 1 N–H and O–H groups in total. The second kappa shape index (κ2) is 8.86. The van der Waals surface area contributed by atoms with Gasteiger partial charge in [-0.2, -0.15) is 0 Å². The molecule has 4 heteroatoms. The summed E-state index contributed by atoms with van der Waals surface area (Å²) in [6.07, 6.45) is 3.71. The second-order valence-electron chi connectivity index (χ2n) is 4.46. The predicted octanol–water partition coefficient (Wildman–Crippen LogP) is 1.59. The lowest BCUT2D eigenvalue weighted by Gasteiger charge is -2.43. The first-order valence-corrected chi connectivity index (χ1v) is 6.79. The van der Waals surface area contributed by atoms with Crippen molar-refractivity contribution in [2.45, 2.75) is 51.4 Å². The van der Waals surface area contributed by atoms with Crippen LogP contribution in [-0.2, 0) is 14.2 Å². The summed E-state index contributed by atoms with van der Waals surface area (Å²) in [5.41, 5.74) is 0. The van der Waals surface area contributed by atoms with Gasteiger partial charge < -0.3 is 19.5 Å². The molecule has 0 spiro atoms. The molecule has 102 valence electrons. The van der Waals surface area contributed by atoms with Crippen molar-refractivity contribution in [1.29, 1.82) is 0 Å². The van der Waals surface area contributed by atoms with E-state index in [1.807, 2.05) is 6.92 Å². The first kappa shape index (κ1) is 14.9. The first-order chi connectivity index (χ1) is 8.33. The van der Waals surface area contributed by atoms with Crippen molar-refractivity contribution in [2.75, 3.05) is 33.5 Å². The summed E-state index contributed by atoms with van der Waals surface area (Å²) in [6, 6.07) is 0.447. The molecule has 1 rings (SSSR count). The van der Waals surface area contributed by atoms with E-state index in [1.165, 1.54) is 0 Å². The Balaban J connectivity index is 2.00. The number of ether oxygens (including phenoxy) is 3. The highest BCUT2D eigenvalue weighted by molar-refractivity contribution is 4.96. The molecular formula is C13H27NO3. The Hall–Kier alpha value is -0.160. The summed E-state index contributed by atoms with van der Waals surface area (Å²) < 4.78 is 16.5. The molecule has 0 amide bonds. The van der Waals surface area contributed by atoms with Crippen LogP contribution in [0, 0.1) is 0 Å². The van der Waals surface area contributed by atoms with Crippen molar-refractivity contribution < 1.29 is 14.2 Å². The maximum atomic E-state index is 5.58. The zero-order valence-corrected chi connectivity index (χ0v) is 11.4. The van der Waals surface area contributed by atoms with E-state index in [0.717, 1.165) is 45.6 Å². The number of methoxy groups -OCH3 is 1. The summed E-state index contributed by atoms with van der Waals surface area (Å²) in [5.74, 6) is 0. The molecule has 0 aromatic rings. The first-order valence-electron chi connectivity index (χ1n) is 6.79. The number of nitrogens with one attached hydrogen (secondary N) is 1. The summed E-state index contributed by atoms with van der Waals surface area (Å²) in [5, 5.41) is 3.50. The van der Waals surface area contributed by atoms with E-state index in [4.69, 9.17) is 14.2 Å². The summed E-state index contributed by atoms with van der Waals surface area (Å²) in [7, 11) is 1.76. The molecule has 4 nitrogen and oxygen atoms in total. The van der Waals surface area contributed by atoms with Crippen molar-refractivity contribution in [1.82, 2.24) is 5.32 Å². The van der Waals surface area contributed by atoms with Gasteiger partial charge in [0.25, 0.3) is 0 Å². The third-order valence-electron chi connectivity index (χ3n) is 3.12. The minimum Gasteiger partial charge on any atom is -0.381 e. The molecule has 17 heavy (non-hydrogen) atoms. The summed E-state index contributed by atoms with van der Waals surface area (Å²) in [4.78, 5) is 0. The van der Waals surface area contributed by atoms with Crippen LogP contribution in [0.15, 0.2) is 0 Å². The van der Waals surface area contributed by atoms with Gasteiger partial charge in [0, 0.05) is 33.0 Å². The van der Waals surface area contributed by atoms with Crippen molar-refractivity contribution in [3.05, 3.63) is 0 Å². The molecule has 0 radical (unpaired) electrons. The average molecular weight is 245 g/mol. The van der Waals surface area contributed by atoms with Gasteiger partial charge in [0.05, 0.1) is 12.2 Å². The van der Waals surface area contributed by atoms with Gasteiger partial charge in [-0.3, -0.25) is 0 Å². The predicted molar refractivity (Wildman–Crippen MR) is 68.3 cm³/mol. The maximum Gasteiger partial charge on any atom is 0.0986 e. The molecule has 0 aromatic heterocycles. The third kappa shape index (κ3) is 4.92. The van der Waals surface area contributed by atoms with E-state index in [2.05, 4.69) is 12.2 Å². The fourth-order valence-corrected chi connectivity index (χ4v) is 2.18. The van der Waals surface area contributed by atoms with E-state index in [9.17, 15) is 0 Å². The van der Waals surface area contributed by atoms with Gasteiger partial charge in [0.15, 0.2) is 0 Å². The molecule has 1 saturated carbocycles. The lowest BCUT2D eigenvalue weighted by Crippen LogP contribution is -2.59. The van der Waals surface area contributed by atoms with Crippen LogP contribution in [0.1, 0.15) is 33.1 Å². The van der Waals surface area contributed by atoms with Gasteiger partial charge in [-0.15, -0.1) is 0 Å². The molecule has 1 aliphatic carbocycles. The summed E-state index contributed by atoms with van der Waals surface area (Å²) >= 11 is 0. The normalized spacial score (nSPS) is 28.1. The van der Waals surface area contributed by atoms with Gasteiger partial charge in [0.1, 0.15) is 0 Å². The topological polar surface area (TPSA) is 39.7 Å². The van der Waals surface area contributed by atoms with E-state index in [0.29, 0.717) is 6.04 Å². The second-order valence-corrected chi connectivity index (χ2v) is 4.46. The Labute approximate surface area is 105 Å². The van der Waals surface area contributed by atoms with Crippen molar-refractivity contribution >= 4 is 0 Å². The van der Waals surface area contributed by atoms with Crippen LogP contribution in [0.4, 0.5) is 0 Å². The number of rotatable bonds is 10. The van der Waals surface area contributed by atoms with Crippen LogP contribution in [0.5, 0.6) is 0 Å². The Bertz CT molecular complexity index is 190. The highest BCUT2D eigenvalue weighted by Gasteiger charge is 2.41. The van der Waals surface area contributed by atoms with E-state index in [-0.39, 0.29) is 12.2 Å². The Morgan fingerprint density at radius 3 is 2.71 bits per heavy atom. The minimum absolute atomic E-state index is 0.214. The molecule has 0 bridgehead atoms. The van der Waals surface area contributed by atoms with E-state index in [1.54, 1.807) is 7.11 Å². The van der Waals surface area contributed by atoms with E-state index >= 15 is 0 Å². The minimum atomic E-state index is 0.214. The zero-order valence-electron chi connectivity index (χ0n) is 11.4. The molecule has 0 aromatic carbocycles. The molecule has 3 unspecified atom stereocenters. The number of hydrogen-bond acceptors (Lipinski definition) is 4. The van der Waals surface area contributed by atoms with Crippen LogP contribution in [-0.4, -0.2) is 51.7 Å². The third-order valence-corrected chi connectivity index (χ3v) is 3.12. The molecule has 3 atom stereocenters. The zero-order chi connectivity index (χ0) is 12.5. The largest absolute Gasteiger partial charge is 0.381 e. The molecular weight excluding hydrogens is 218 g/mol. The number of hydrogen-bond donors (Lipinski definition) is 1. The van der Waals surface area contributed by atoms with Crippen molar-refractivity contribution in [3.63, 3.8) is 0 Å². The molecule has 0 heterocycles. The molecule has 0 saturated heterocycles. The standard InChI is InChI=1S/C13H27NO3/c1-4-8-16-9-6-7-14-11-10-12(17-5-2)13(11)15-3/h11-14H,4-10H2,1-3H3. The smallest absolute Gasteiger partial charge is 0.0986 e. The average Bonchev–Trinajstić information content (AvgIpc) is 2.31. The Kier molecular flexibility index (Phi) is 7.77. The fourth-order valence-electron chi connectivity index (χ4n) is 2.18. The van der Waals surface area contributed by atoms with Crippen LogP contribution in [0.3, 0.4) is 0 Å². The van der Waals surface area contributed by atoms with Crippen LogP contribution >= 0.6 is 0 Å². The van der Waals surface area contributed by atoms with Crippen LogP contribution in [0.25, 0.3) is 0 Å². The van der Waals surface area contributed by atoms with Gasteiger partial charge in [0.2, 0.25) is 0 Å². The molecule has 1 aliphatic rings. The Morgan fingerprint density at radius 1 is 1.24 bits per heavy atom. The van der Waals surface area contributed by atoms with Gasteiger partial charge in [-0.25, -0.2) is 0 Å². The van der Waals surface area contributed by atoms with Crippen molar-refractivity contribution in [2.24, 2.45) is 0 Å². The van der Waals surface area contributed by atoms with Gasteiger partial charge >= 0.3 is 0 Å². The molecule has 1 fully saturated rings.